The van der Waals surface area contributed by atoms with Crippen LogP contribution < -0.4 is 11.2 Å². The molecular formula is C24H20N2O4. The van der Waals surface area contributed by atoms with Gasteiger partial charge in [0.05, 0.1) is 16.6 Å². The van der Waals surface area contributed by atoms with Gasteiger partial charge in [-0.1, -0.05) is 60.2 Å². The van der Waals surface area contributed by atoms with Crippen LogP contribution in [0.5, 0.6) is 0 Å². The molecule has 0 amide bonds. The van der Waals surface area contributed by atoms with Gasteiger partial charge in [-0.3, -0.25) is 14.2 Å². The van der Waals surface area contributed by atoms with Gasteiger partial charge in [0.15, 0.2) is 0 Å². The molecule has 0 aliphatic rings. The fourth-order valence-electron chi connectivity index (χ4n) is 3.31. The Morgan fingerprint density at radius 2 is 1.53 bits per heavy atom. The van der Waals surface area contributed by atoms with Gasteiger partial charge in [-0.25, -0.2) is 9.36 Å². The summed E-state index contributed by atoms with van der Waals surface area (Å²) in [7, 11) is 0. The third-order valence-electron chi connectivity index (χ3n) is 4.87. The summed E-state index contributed by atoms with van der Waals surface area (Å²) < 4.78 is 7.71. The maximum absolute atomic E-state index is 13.2. The van der Waals surface area contributed by atoms with E-state index in [2.05, 4.69) is 0 Å². The Morgan fingerprint density at radius 3 is 2.27 bits per heavy atom. The summed E-state index contributed by atoms with van der Waals surface area (Å²) >= 11 is 0. The molecule has 0 bridgehead atoms. The lowest BCUT2D eigenvalue weighted by Crippen LogP contribution is -2.40. The highest BCUT2D eigenvalue weighted by molar-refractivity contribution is 5.80. The number of hydrogen-bond donors (Lipinski definition) is 0. The van der Waals surface area contributed by atoms with Gasteiger partial charge in [-0.05, 0) is 36.8 Å². The van der Waals surface area contributed by atoms with E-state index in [0.29, 0.717) is 16.6 Å². The van der Waals surface area contributed by atoms with Crippen LogP contribution in [0.1, 0.15) is 11.1 Å². The van der Waals surface area contributed by atoms with Crippen LogP contribution in [0.3, 0.4) is 0 Å². The van der Waals surface area contributed by atoms with Crippen molar-refractivity contribution in [3.63, 3.8) is 0 Å². The first kappa shape index (κ1) is 19.4. The highest BCUT2D eigenvalue weighted by atomic mass is 16.5. The largest absolute Gasteiger partial charge is 0.459 e. The topological polar surface area (TPSA) is 70.3 Å². The molecule has 3 aromatic carbocycles. The Bertz CT molecular complexity index is 1320. The van der Waals surface area contributed by atoms with Gasteiger partial charge in [0.1, 0.15) is 13.2 Å². The van der Waals surface area contributed by atoms with Gasteiger partial charge >= 0.3 is 11.7 Å². The maximum atomic E-state index is 13.2. The second-order valence-corrected chi connectivity index (χ2v) is 7.01. The minimum atomic E-state index is -0.584. The van der Waals surface area contributed by atoms with E-state index in [0.717, 1.165) is 15.7 Å². The zero-order valence-corrected chi connectivity index (χ0v) is 16.4. The summed E-state index contributed by atoms with van der Waals surface area (Å²) in [5, 5.41) is 0.355. The molecule has 0 aliphatic heterocycles. The highest BCUT2D eigenvalue weighted by Crippen LogP contribution is 2.11. The monoisotopic (exact) mass is 400 g/mol. The van der Waals surface area contributed by atoms with Crippen LogP contribution in [0, 0.1) is 6.92 Å². The van der Waals surface area contributed by atoms with E-state index < -0.39 is 17.2 Å². The Morgan fingerprint density at radius 1 is 0.867 bits per heavy atom. The first-order chi connectivity index (χ1) is 14.5. The number of aryl methyl sites for hydroxylation is 1. The molecule has 6 heteroatoms. The zero-order chi connectivity index (χ0) is 21.1. The minimum Gasteiger partial charge on any atom is -0.459 e. The van der Waals surface area contributed by atoms with E-state index in [1.54, 1.807) is 36.4 Å². The summed E-state index contributed by atoms with van der Waals surface area (Å²) in [5.41, 5.74) is 1.71. The number of nitrogens with zero attached hydrogens (tertiary/aromatic N) is 2. The molecule has 0 aliphatic carbocycles. The predicted molar refractivity (Wildman–Crippen MR) is 115 cm³/mol. The first-order valence-corrected chi connectivity index (χ1v) is 9.56. The summed E-state index contributed by atoms with van der Waals surface area (Å²) in [6.45, 7) is 1.75. The number of benzene rings is 3. The van der Waals surface area contributed by atoms with Crippen LogP contribution in [0.4, 0.5) is 0 Å². The van der Waals surface area contributed by atoms with E-state index in [9.17, 15) is 14.4 Å². The zero-order valence-electron chi connectivity index (χ0n) is 16.4. The number of hydrogen-bond acceptors (Lipinski definition) is 4. The lowest BCUT2D eigenvalue weighted by atomic mass is 10.2. The summed E-state index contributed by atoms with van der Waals surface area (Å²) in [5.74, 6) is -0.555. The molecule has 0 N–H and O–H groups in total. The molecule has 0 atom stereocenters. The van der Waals surface area contributed by atoms with Crippen molar-refractivity contribution in [1.29, 1.82) is 0 Å². The van der Waals surface area contributed by atoms with Crippen LogP contribution >= 0.6 is 0 Å². The predicted octanol–water partition coefficient (Wildman–Crippen LogP) is 3.20. The second kappa shape index (κ2) is 8.21. The van der Waals surface area contributed by atoms with E-state index in [4.69, 9.17) is 4.74 Å². The first-order valence-electron chi connectivity index (χ1n) is 9.56. The third kappa shape index (κ3) is 3.80. The Kier molecular flexibility index (Phi) is 5.30. The average Bonchev–Trinajstić information content (AvgIpc) is 2.77. The number of carbonyl (C=O) groups excluding carboxylic acids is 1. The standard InChI is InChI=1S/C24H20N2O4/c1-17-11-13-19(14-12-17)26-23(28)20-9-5-6-10-21(20)25(24(26)29)15-22(27)30-16-18-7-3-2-4-8-18/h2-14H,15-16H2,1H3. The quantitative estimate of drug-likeness (QED) is 0.483. The number of ether oxygens (including phenoxy) is 1. The smallest absolute Gasteiger partial charge is 0.336 e. The Balaban J connectivity index is 1.75. The summed E-state index contributed by atoms with van der Waals surface area (Å²) in [6.07, 6.45) is 0. The van der Waals surface area contributed by atoms with Gasteiger partial charge in [0.2, 0.25) is 0 Å². The van der Waals surface area contributed by atoms with Crippen molar-refractivity contribution in [3.8, 4) is 5.69 Å². The SMILES string of the molecule is Cc1ccc(-n2c(=O)c3ccccc3n(CC(=O)OCc3ccccc3)c2=O)cc1. The van der Waals surface area contributed by atoms with Crippen molar-refractivity contribution < 1.29 is 9.53 Å². The number of para-hydroxylation sites is 1. The second-order valence-electron chi connectivity index (χ2n) is 7.01. The number of esters is 1. The lowest BCUT2D eigenvalue weighted by Gasteiger charge is -2.14. The van der Waals surface area contributed by atoms with Gasteiger partial charge < -0.3 is 4.74 Å². The summed E-state index contributed by atoms with van der Waals surface area (Å²) in [6, 6.07) is 23.1. The molecule has 30 heavy (non-hydrogen) atoms. The molecule has 4 rings (SSSR count). The highest BCUT2D eigenvalue weighted by Gasteiger charge is 2.17. The minimum absolute atomic E-state index is 0.115. The van der Waals surface area contributed by atoms with Crippen molar-refractivity contribution in [2.24, 2.45) is 0 Å². The van der Waals surface area contributed by atoms with Crippen LogP contribution in [-0.2, 0) is 22.7 Å². The molecule has 0 spiro atoms. The van der Waals surface area contributed by atoms with Gasteiger partial charge in [0.25, 0.3) is 5.56 Å². The Labute approximate surface area is 172 Å². The van der Waals surface area contributed by atoms with E-state index in [1.165, 1.54) is 4.57 Å². The molecule has 1 aromatic heterocycles. The van der Waals surface area contributed by atoms with Crippen molar-refractivity contribution >= 4 is 16.9 Å². The normalized spacial score (nSPS) is 10.8. The van der Waals surface area contributed by atoms with Crippen LogP contribution in [0.15, 0.2) is 88.5 Å². The molecule has 4 aromatic rings. The Hall–Kier alpha value is -3.93. The molecule has 0 fully saturated rings. The van der Waals surface area contributed by atoms with Gasteiger partial charge in [-0.2, -0.15) is 0 Å². The van der Waals surface area contributed by atoms with Crippen molar-refractivity contribution in [2.75, 3.05) is 0 Å². The number of carbonyl (C=O) groups is 1. The molecule has 0 saturated carbocycles. The molecule has 0 unspecified atom stereocenters. The molecule has 1 heterocycles. The van der Waals surface area contributed by atoms with Crippen molar-refractivity contribution in [1.82, 2.24) is 9.13 Å². The van der Waals surface area contributed by atoms with E-state index in [-0.39, 0.29) is 13.2 Å². The molecule has 0 saturated heterocycles. The number of aromatic nitrogens is 2. The van der Waals surface area contributed by atoms with E-state index in [1.807, 2.05) is 49.4 Å². The third-order valence-corrected chi connectivity index (χ3v) is 4.87. The van der Waals surface area contributed by atoms with Crippen molar-refractivity contribution in [3.05, 3.63) is 111 Å². The molecule has 0 radical (unpaired) electrons. The molecular weight excluding hydrogens is 380 g/mol. The van der Waals surface area contributed by atoms with E-state index >= 15 is 0 Å². The lowest BCUT2D eigenvalue weighted by molar-refractivity contribution is -0.145. The fourth-order valence-corrected chi connectivity index (χ4v) is 3.31. The van der Waals surface area contributed by atoms with Crippen LogP contribution in [0.25, 0.3) is 16.6 Å². The summed E-state index contributed by atoms with van der Waals surface area (Å²) in [4.78, 5) is 38.7. The van der Waals surface area contributed by atoms with Gasteiger partial charge in [0, 0.05) is 0 Å². The van der Waals surface area contributed by atoms with Gasteiger partial charge in [-0.15, -0.1) is 0 Å². The number of rotatable bonds is 5. The maximum Gasteiger partial charge on any atom is 0.336 e. The van der Waals surface area contributed by atoms with Crippen molar-refractivity contribution in [2.45, 2.75) is 20.1 Å². The average molecular weight is 400 g/mol. The fraction of sp³-hybridized carbons (Fsp3) is 0.125. The van der Waals surface area contributed by atoms with Crippen LogP contribution in [0.2, 0.25) is 0 Å². The molecule has 150 valence electrons. The number of fused-ring (bicyclic) bond motifs is 1. The van der Waals surface area contributed by atoms with Crippen LogP contribution in [-0.4, -0.2) is 15.1 Å². The molecule has 6 nitrogen and oxygen atoms in total.